The molecule has 0 spiro atoms. The Morgan fingerprint density at radius 1 is 1.00 bits per heavy atom. The van der Waals surface area contributed by atoms with Crippen LogP contribution >= 0.6 is 0 Å². The number of rotatable bonds is 9. The van der Waals surface area contributed by atoms with Gasteiger partial charge in [-0.15, -0.1) is 0 Å². The molecule has 0 aromatic heterocycles. The third-order valence-electron chi connectivity index (χ3n) is 3.40. The maximum Gasteiger partial charge on any atom is 0.161 e. The van der Waals surface area contributed by atoms with E-state index in [0.717, 1.165) is 37.5 Å². The van der Waals surface area contributed by atoms with Gasteiger partial charge in [-0.3, -0.25) is 0 Å². The first-order valence-corrected chi connectivity index (χ1v) is 8.07. The van der Waals surface area contributed by atoms with Gasteiger partial charge in [0.1, 0.15) is 6.61 Å². The molecule has 0 bridgehead atoms. The van der Waals surface area contributed by atoms with Crippen molar-refractivity contribution >= 4 is 0 Å². The zero-order chi connectivity index (χ0) is 15.7. The van der Waals surface area contributed by atoms with Gasteiger partial charge in [0, 0.05) is 6.04 Å². The molecular weight excluding hydrogens is 262 g/mol. The van der Waals surface area contributed by atoms with Crippen molar-refractivity contribution in [2.75, 3.05) is 19.8 Å². The number of benzene rings is 1. The molecule has 0 fully saturated rings. The quantitative estimate of drug-likeness (QED) is 0.737. The summed E-state index contributed by atoms with van der Waals surface area (Å²) >= 11 is 0. The van der Waals surface area contributed by atoms with Crippen LogP contribution in [0.15, 0.2) is 24.3 Å². The fraction of sp³-hybridized carbons (Fsp3) is 0.667. The van der Waals surface area contributed by atoms with Crippen LogP contribution in [-0.2, 0) is 0 Å². The zero-order valence-electron chi connectivity index (χ0n) is 14.2. The van der Waals surface area contributed by atoms with Gasteiger partial charge in [-0.2, -0.15) is 0 Å². The second kappa shape index (κ2) is 8.93. The summed E-state index contributed by atoms with van der Waals surface area (Å²) in [6.45, 7) is 13.4. The number of para-hydroxylation sites is 2. The molecule has 0 aliphatic heterocycles. The van der Waals surface area contributed by atoms with Gasteiger partial charge in [-0.25, -0.2) is 0 Å². The van der Waals surface area contributed by atoms with Crippen LogP contribution in [0.4, 0.5) is 0 Å². The lowest BCUT2D eigenvalue weighted by Crippen LogP contribution is -2.45. The fourth-order valence-corrected chi connectivity index (χ4v) is 2.01. The van der Waals surface area contributed by atoms with Crippen molar-refractivity contribution in [1.82, 2.24) is 5.32 Å². The van der Waals surface area contributed by atoms with E-state index in [-0.39, 0.29) is 5.41 Å². The summed E-state index contributed by atoms with van der Waals surface area (Å²) in [5.74, 6) is 1.67. The van der Waals surface area contributed by atoms with E-state index in [2.05, 4.69) is 39.9 Å². The first-order valence-electron chi connectivity index (χ1n) is 8.07. The van der Waals surface area contributed by atoms with E-state index < -0.39 is 0 Å². The van der Waals surface area contributed by atoms with Crippen molar-refractivity contribution in [3.05, 3.63) is 24.3 Å². The van der Waals surface area contributed by atoms with Crippen LogP contribution in [-0.4, -0.2) is 25.8 Å². The number of hydrogen-bond donors (Lipinski definition) is 1. The van der Waals surface area contributed by atoms with Crippen molar-refractivity contribution in [2.45, 2.75) is 53.5 Å². The highest BCUT2D eigenvalue weighted by Gasteiger charge is 2.24. The minimum atomic E-state index is 0.161. The minimum Gasteiger partial charge on any atom is -0.490 e. The van der Waals surface area contributed by atoms with Crippen LogP contribution in [0.3, 0.4) is 0 Å². The van der Waals surface area contributed by atoms with Crippen LogP contribution in [0, 0.1) is 5.41 Å². The molecule has 1 rings (SSSR count). The average molecular weight is 293 g/mol. The maximum atomic E-state index is 6.03. The summed E-state index contributed by atoms with van der Waals surface area (Å²) in [5.41, 5.74) is 0.161. The Hall–Kier alpha value is -1.22. The molecule has 0 aliphatic carbocycles. The Kier molecular flexibility index (Phi) is 7.58. The van der Waals surface area contributed by atoms with Gasteiger partial charge in [0.25, 0.3) is 0 Å². The summed E-state index contributed by atoms with van der Waals surface area (Å²) in [4.78, 5) is 0. The predicted molar refractivity (Wildman–Crippen MR) is 89.3 cm³/mol. The van der Waals surface area contributed by atoms with Crippen LogP contribution in [0.1, 0.15) is 47.5 Å². The standard InChI is InChI=1S/C18H31NO2/c1-6-12-19-17(18(3,4)5)14-21-16-11-9-8-10-15(16)20-13-7-2/h8-11,17,19H,6-7,12-14H2,1-5H3. The van der Waals surface area contributed by atoms with Crippen LogP contribution in [0.5, 0.6) is 11.5 Å². The number of hydrogen-bond acceptors (Lipinski definition) is 3. The second-order valence-corrected chi connectivity index (χ2v) is 6.48. The molecule has 3 nitrogen and oxygen atoms in total. The van der Waals surface area contributed by atoms with E-state index in [1.165, 1.54) is 0 Å². The molecule has 1 aromatic carbocycles. The van der Waals surface area contributed by atoms with Crippen molar-refractivity contribution in [2.24, 2.45) is 5.41 Å². The molecule has 1 unspecified atom stereocenters. The molecular formula is C18H31NO2. The summed E-state index contributed by atoms with van der Waals surface area (Å²) in [6.07, 6.45) is 2.12. The molecule has 0 radical (unpaired) electrons. The lowest BCUT2D eigenvalue weighted by Gasteiger charge is -2.31. The van der Waals surface area contributed by atoms with Crippen LogP contribution in [0.2, 0.25) is 0 Å². The van der Waals surface area contributed by atoms with Gasteiger partial charge >= 0.3 is 0 Å². The Morgan fingerprint density at radius 3 is 2.14 bits per heavy atom. The zero-order valence-corrected chi connectivity index (χ0v) is 14.2. The molecule has 21 heavy (non-hydrogen) atoms. The van der Waals surface area contributed by atoms with Gasteiger partial charge < -0.3 is 14.8 Å². The molecule has 0 aliphatic rings. The Labute approximate surface area is 130 Å². The summed E-state index contributed by atoms with van der Waals surface area (Å²) in [5, 5.41) is 3.58. The van der Waals surface area contributed by atoms with Gasteiger partial charge in [0.2, 0.25) is 0 Å². The Bertz CT molecular complexity index is 398. The lowest BCUT2D eigenvalue weighted by molar-refractivity contribution is 0.168. The summed E-state index contributed by atoms with van der Waals surface area (Å²) in [6, 6.07) is 8.23. The smallest absolute Gasteiger partial charge is 0.161 e. The van der Waals surface area contributed by atoms with E-state index in [1.54, 1.807) is 0 Å². The topological polar surface area (TPSA) is 30.5 Å². The fourth-order valence-electron chi connectivity index (χ4n) is 2.01. The van der Waals surface area contributed by atoms with E-state index in [0.29, 0.717) is 12.6 Å². The van der Waals surface area contributed by atoms with Gasteiger partial charge in [-0.1, -0.05) is 46.8 Å². The number of ether oxygens (including phenoxy) is 2. The Balaban J connectivity index is 2.66. The van der Waals surface area contributed by atoms with Gasteiger partial charge in [-0.05, 0) is 36.9 Å². The Morgan fingerprint density at radius 2 is 1.62 bits per heavy atom. The molecule has 0 amide bonds. The summed E-state index contributed by atoms with van der Waals surface area (Å²) in [7, 11) is 0. The largest absolute Gasteiger partial charge is 0.490 e. The molecule has 0 saturated carbocycles. The third-order valence-corrected chi connectivity index (χ3v) is 3.40. The van der Waals surface area contributed by atoms with E-state index in [4.69, 9.17) is 9.47 Å². The summed E-state index contributed by atoms with van der Waals surface area (Å²) < 4.78 is 11.8. The highest BCUT2D eigenvalue weighted by Crippen LogP contribution is 2.28. The molecule has 0 heterocycles. The SMILES string of the molecule is CCCNC(COc1ccccc1OCCC)C(C)(C)C. The first-order chi connectivity index (χ1) is 9.99. The predicted octanol–water partition coefficient (Wildman–Crippen LogP) is 4.27. The van der Waals surface area contributed by atoms with Crippen molar-refractivity contribution < 1.29 is 9.47 Å². The lowest BCUT2D eigenvalue weighted by atomic mass is 9.87. The normalized spacial score (nSPS) is 13.0. The molecule has 1 N–H and O–H groups in total. The number of nitrogens with one attached hydrogen (secondary N) is 1. The molecule has 1 atom stereocenters. The van der Waals surface area contributed by atoms with Crippen molar-refractivity contribution in [3.8, 4) is 11.5 Å². The van der Waals surface area contributed by atoms with E-state index in [1.807, 2.05) is 24.3 Å². The van der Waals surface area contributed by atoms with Crippen molar-refractivity contribution in [3.63, 3.8) is 0 Å². The van der Waals surface area contributed by atoms with E-state index >= 15 is 0 Å². The monoisotopic (exact) mass is 293 g/mol. The third kappa shape index (κ3) is 6.38. The minimum absolute atomic E-state index is 0.161. The molecule has 0 saturated heterocycles. The highest BCUT2D eigenvalue weighted by molar-refractivity contribution is 5.39. The van der Waals surface area contributed by atoms with Gasteiger partial charge in [0.15, 0.2) is 11.5 Å². The van der Waals surface area contributed by atoms with Crippen molar-refractivity contribution in [1.29, 1.82) is 0 Å². The van der Waals surface area contributed by atoms with E-state index in [9.17, 15) is 0 Å². The average Bonchev–Trinajstić information content (AvgIpc) is 2.44. The van der Waals surface area contributed by atoms with Gasteiger partial charge in [0.05, 0.1) is 6.61 Å². The highest BCUT2D eigenvalue weighted by atomic mass is 16.5. The molecule has 120 valence electrons. The van der Waals surface area contributed by atoms with Crippen LogP contribution in [0.25, 0.3) is 0 Å². The second-order valence-electron chi connectivity index (χ2n) is 6.48. The molecule has 1 aromatic rings. The van der Waals surface area contributed by atoms with Crippen LogP contribution < -0.4 is 14.8 Å². The first kappa shape index (κ1) is 17.8. The molecule has 3 heteroatoms. The maximum absolute atomic E-state index is 6.03.